The van der Waals surface area contributed by atoms with Crippen molar-refractivity contribution in [3.8, 4) is 0 Å². The first-order chi connectivity index (χ1) is 8.20. The molecule has 0 bridgehead atoms. The van der Waals surface area contributed by atoms with Crippen LogP contribution in [-0.4, -0.2) is 33.7 Å². The van der Waals surface area contributed by atoms with Crippen LogP contribution in [0.3, 0.4) is 0 Å². The topological polar surface area (TPSA) is 68.2 Å². The molecule has 0 amide bonds. The Kier molecular flexibility index (Phi) is 4.12. The summed E-state index contributed by atoms with van der Waals surface area (Å²) in [6, 6.07) is 0.653. The highest BCUT2D eigenvalue weighted by Gasteiger charge is 2.26. The third-order valence-electron chi connectivity index (χ3n) is 3.43. The number of likely N-dealkylation sites (tertiary alicyclic amines) is 1. The predicted octanol–water partition coefficient (Wildman–Crippen LogP) is 1.33. The van der Waals surface area contributed by atoms with E-state index in [9.17, 15) is 0 Å². The average Bonchev–Trinajstić information content (AvgIpc) is 2.77. The van der Waals surface area contributed by atoms with Crippen molar-refractivity contribution in [2.75, 3.05) is 6.54 Å². The Morgan fingerprint density at radius 2 is 2.35 bits per heavy atom. The van der Waals surface area contributed by atoms with Crippen LogP contribution in [-0.2, 0) is 13.0 Å². The summed E-state index contributed by atoms with van der Waals surface area (Å²) in [5.74, 6) is 1.50. The van der Waals surface area contributed by atoms with Gasteiger partial charge in [-0.05, 0) is 26.3 Å². The molecule has 2 heterocycles. The summed E-state index contributed by atoms with van der Waals surface area (Å²) in [6.07, 6.45) is 4.48. The summed E-state index contributed by atoms with van der Waals surface area (Å²) in [4.78, 5) is 6.74. The molecule has 2 rings (SSSR count). The van der Waals surface area contributed by atoms with E-state index < -0.39 is 0 Å². The maximum Gasteiger partial charge on any atom is 0.226 e. The monoisotopic (exact) mass is 238 g/mol. The second kappa shape index (κ2) is 5.60. The van der Waals surface area contributed by atoms with Gasteiger partial charge in [0.15, 0.2) is 5.82 Å². The number of nitrogens with two attached hydrogens (primary N) is 1. The van der Waals surface area contributed by atoms with Gasteiger partial charge in [0.2, 0.25) is 5.89 Å². The molecule has 1 aromatic heterocycles. The zero-order valence-electron chi connectivity index (χ0n) is 10.7. The molecule has 2 N–H and O–H groups in total. The standard InChI is InChI=1S/C12H22N4O/c1-3-12-14-11(15-17-12)8-16-7-5-4-6-10(16)9(2)13/h9-10H,3-8,13H2,1-2H3. The fourth-order valence-corrected chi connectivity index (χ4v) is 2.49. The van der Waals surface area contributed by atoms with Crippen molar-refractivity contribution in [2.24, 2.45) is 5.73 Å². The number of hydrogen-bond acceptors (Lipinski definition) is 5. The molecular formula is C12H22N4O. The van der Waals surface area contributed by atoms with Crippen molar-refractivity contribution in [2.45, 2.75) is 58.2 Å². The molecule has 5 nitrogen and oxygen atoms in total. The number of hydrogen-bond donors (Lipinski definition) is 1. The lowest BCUT2D eigenvalue weighted by atomic mass is 9.97. The Morgan fingerprint density at radius 1 is 1.53 bits per heavy atom. The molecule has 0 radical (unpaired) electrons. The summed E-state index contributed by atoms with van der Waals surface area (Å²) in [5, 5.41) is 4.01. The molecule has 1 fully saturated rings. The van der Waals surface area contributed by atoms with E-state index in [0.717, 1.165) is 25.3 Å². The van der Waals surface area contributed by atoms with Crippen LogP contribution in [0.15, 0.2) is 4.52 Å². The number of aromatic nitrogens is 2. The molecule has 0 saturated carbocycles. The van der Waals surface area contributed by atoms with Crippen molar-refractivity contribution in [3.63, 3.8) is 0 Å². The predicted molar refractivity (Wildman–Crippen MR) is 65.4 cm³/mol. The minimum atomic E-state index is 0.202. The van der Waals surface area contributed by atoms with Crippen molar-refractivity contribution >= 4 is 0 Å². The zero-order chi connectivity index (χ0) is 12.3. The second-order valence-corrected chi connectivity index (χ2v) is 4.85. The van der Waals surface area contributed by atoms with E-state index in [1.165, 1.54) is 19.3 Å². The van der Waals surface area contributed by atoms with Gasteiger partial charge in [0, 0.05) is 18.5 Å². The Labute approximate surface area is 102 Å². The number of rotatable bonds is 4. The maximum atomic E-state index is 6.04. The zero-order valence-corrected chi connectivity index (χ0v) is 10.7. The van der Waals surface area contributed by atoms with E-state index in [0.29, 0.717) is 11.9 Å². The van der Waals surface area contributed by atoms with E-state index in [-0.39, 0.29) is 6.04 Å². The third-order valence-corrected chi connectivity index (χ3v) is 3.43. The normalized spacial score (nSPS) is 23.8. The van der Waals surface area contributed by atoms with Crippen molar-refractivity contribution in [1.29, 1.82) is 0 Å². The minimum absolute atomic E-state index is 0.202. The molecular weight excluding hydrogens is 216 g/mol. The van der Waals surface area contributed by atoms with Gasteiger partial charge in [-0.2, -0.15) is 4.98 Å². The first kappa shape index (κ1) is 12.5. The van der Waals surface area contributed by atoms with Gasteiger partial charge in [-0.3, -0.25) is 4.90 Å². The highest BCUT2D eigenvalue weighted by atomic mass is 16.5. The van der Waals surface area contributed by atoms with Crippen LogP contribution < -0.4 is 5.73 Å². The van der Waals surface area contributed by atoms with Gasteiger partial charge in [0.05, 0.1) is 6.54 Å². The Morgan fingerprint density at radius 3 is 3.00 bits per heavy atom. The molecule has 5 heteroatoms. The molecule has 96 valence electrons. The fourth-order valence-electron chi connectivity index (χ4n) is 2.49. The molecule has 1 aliphatic rings. The summed E-state index contributed by atoms with van der Waals surface area (Å²) in [7, 11) is 0. The van der Waals surface area contributed by atoms with E-state index in [1.807, 2.05) is 6.92 Å². The van der Waals surface area contributed by atoms with Crippen LogP contribution in [0.5, 0.6) is 0 Å². The van der Waals surface area contributed by atoms with Crippen molar-refractivity contribution < 1.29 is 4.52 Å². The summed E-state index contributed by atoms with van der Waals surface area (Å²) < 4.78 is 5.13. The van der Waals surface area contributed by atoms with E-state index in [1.54, 1.807) is 0 Å². The van der Waals surface area contributed by atoms with Gasteiger partial charge in [0.25, 0.3) is 0 Å². The molecule has 1 aliphatic heterocycles. The highest BCUT2D eigenvalue weighted by Crippen LogP contribution is 2.20. The average molecular weight is 238 g/mol. The Balaban J connectivity index is 2.00. The van der Waals surface area contributed by atoms with Gasteiger partial charge in [-0.1, -0.05) is 18.5 Å². The summed E-state index contributed by atoms with van der Waals surface area (Å²) in [6.45, 7) is 5.94. The van der Waals surface area contributed by atoms with Crippen LogP contribution in [0.25, 0.3) is 0 Å². The maximum absolute atomic E-state index is 6.04. The van der Waals surface area contributed by atoms with Crippen LogP contribution in [0.2, 0.25) is 0 Å². The van der Waals surface area contributed by atoms with E-state index in [2.05, 4.69) is 22.0 Å². The first-order valence-corrected chi connectivity index (χ1v) is 6.51. The molecule has 1 aromatic rings. The fraction of sp³-hybridized carbons (Fsp3) is 0.833. The summed E-state index contributed by atoms with van der Waals surface area (Å²) >= 11 is 0. The first-order valence-electron chi connectivity index (χ1n) is 6.51. The molecule has 2 atom stereocenters. The Hall–Kier alpha value is -0.940. The lowest BCUT2D eigenvalue weighted by molar-refractivity contribution is 0.118. The lowest BCUT2D eigenvalue weighted by Gasteiger charge is -2.37. The van der Waals surface area contributed by atoms with E-state index >= 15 is 0 Å². The number of aryl methyl sites for hydroxylation is 1. The highest BCUT2D eigenvalue weighted by molar-refractivity contribution is 4.90. The van der Waals surface area contributed by atoms with Crippen LogP contribution in [0, 0.1) is 0 Å². The van der Waals surface area contributed by atoms with Gasteiger partial charge >= 0.3 is 0 Å². The van der Waals surface area contributed by atoms with E-state index in [4.69, 9.17) is 10.3 Å². The smallest absolute Gasteiger partial charge is 0.226 e. The Bertz CT molecular complexity index is 350. The molecule has 0 aliphatic carbocycles. The van der Waals surface area contributed by atoms with Crippen LogP contribution in [0.1, 0.15) is 44.8 Å². The quantitative estimate of drug-likeness (QED) is 0.857. The molecule has 0 spiro atoms. The number of piperidine rings is 1. The second-order valence-electron chi connectivity index (χ2n) is 4.85. The largest absolute Gasteiger partial charge is 0.339 e. The summed E-state index contributed by atoms with van der Waals surface area (Å²) in [5.41, 5.74) is 6.04. The molecule has 0 aromatic carbocycles. The van der Waals surface area contributed by atoms with Crippen LogP contribution >= 0.6 is 0 Å². The van der Waals surface area contributed by atoms with Gasteiger partial charge in [-0.25, -0.2) is 0 Å². The van der Waals surface area contributed by atoms with Gasteiger partial charge < -0.3 is 10.3 Å². The molecule has 17 heavy (non-hydrogen) atoms. The van der Waals surface area contributed by atoms with Gasteiger partial charge in [-0.15, -0.1) is 0 Å². The van der Waals surface area contributed by atoms with Gasteiger partial charge in [0.1, 0.15) is 0 Å². The molecule has 2 unspecified atom stereocenters. The third kappa shape index (κ3) is 3.04. The van der Waals surface area contributed by atoms with Crippen molar-refractivity contribution in [1.82, 2.24) is 15.0 Å². The number of nitrogens with zero attached hydrogens (tertiary/aromatic N) is 3. The lowest BCUT2D eigenvalue weighted by Crippen LogP contribution is -2.48. The SMILES string of the molecule is CCc1nc(CN2CCCCC2C(C)N)no1. The minimum Gasteiger partial charge on any atom is -0.339 e. The van der Waals surface area contributed by atoms with Crippen molar-refractivity contribution in [3.05, 3.63) is 11.7 Å². The molecule has 1 saturated heterocycles. The van der Waals surface area contributed by atoms with Crippen LogP contribution in [0.4, 0.5) is 0 Å².